The molecule has 0 aromatic carbocycles. The van der Waals surface area contributed by atoms with Gasteiger partial charge >= 0.3 is 0 Å². The highest BCUT2D eigenvalue weighted by molar-refractivity contribution is 5.76. The molecule has 1 N–H and O–H groups in total. The van der Waals surface area contributed by atoms with Crippen molar-refractivity contribution in [2.75, 3.05) is 0 Å². The Hall–Kier alpha value is -2.25. The van der Waals surface area contributed by atoms with E-state index in [9.17, 15) is 4.79 Å². The maximum Gasteiger partial charge on any atom is 0.222 e. The average molecular weight is 263 g/mol. The Bertz CT molecular complexity index is 479. The Morgan fingerprint density at radius 1 is 1.42 bits per heavy atom. The molecule has 0 fully saturated rings. The molecule has 0 aliphatic rings. The van der Waals surface area contributed by atoms with Gasteiger partial charge in [0, 0.05) is 31.4 Å². The second-order valence-corrected chi connectivity index (χ2v) is 4.26. The molecule has 0 aliphatic heterocycles. The molecule has 0 saturated heterocycles. The number of tetrazole rings is 1. The first-order valence-electron chi connectivity index (χ1n) is 6.23. The Kier molecular flexibility index (Phi) is 4.60. The van der Waals surface area contributed by atoms with Crippen molar-refractivity contribution in [1.29, 1.82) is 0 Å². The number of aryl methyl sites for hydroxylation is 1. The summed E-state index contributed by atoms with van der Waals surface area (Å²) in [6.07, 6.45) is 8.09. The van der Waals surface area contributed by atoms with Gasteiger partial charge in [0.1, 0.15) is 6.33 Å². The van der Waals surface area contributed by atoms with Gasteiger partial charge < -0.3 is 9.88 Å². The Labute approximate surface area is 110 Å². The van der Waals surface area contributed by atoms with E-state index in [0.717, 1.165) is 13.0 Å². The smallest absolute Gasteiger partial charge is 0.222 e. The van der Waals surface area contributed by atoms with Gasteiger partial charge in [0.05, 0.1) is 12.9 Å². The molecule has 1 atom stereocenters. The second-order valence-electron chi connectivity index (χ2n) is 4.26. The lowest BCUT2D eigenvalue weighted by atomic mass is 10.2. The molecule has 0 bridgehead atoms. The van der Waals surface area contributed by atoms with Crippen LogP contribution in [-0.4, -0.2) is 41.7 Å². The quantitative estimate of drug-likeness (QED) is 0.750. The van der Waals surface area contributed by atoms with Gasteiger partial charge in [-0.1, -0.05) is 6.92 Å². The Morgan fingerprint density at radius 2 is 2.32 bits per heavy atom. The molecular formula is C11H17N7O. The molecule has 2 heterocycles. The van der Waals surface area contributed by atoms with E-state index in [1.807, 2.05) is 17.7 Å². The summed E-state index contributed by atoms with van der Waals surface area (Å²) in [5, 5.41) is 13.7. The number of hydrogen-bond donors (Lipinski definition) is 1. The van der Waals surface area contributed by atoms with E-state index in [1.54, 1.807) is 12.5 Å². The van der Waals surface area contributed by atoms with E-state index in [1.165, 1.54) is 11.0 Å². The highest BCUT2D eigenvalue weighted by atomic mass is 16.1. The van der Waals surface area contributed by atoms with E-state index in [0.29, 0.717) is 13.0 Å². The third-order valence-corrected chi connectivity index (χ3v) is 2.81. The molecule has 0 aliphatic carbocycles. The molecule has 102 valence electrons. The summed E-state index contributed by atoms with van der Waals surface area (Å²) in [6.45, 7) is 3.26. The summed E-state index contributed by atoms with van der Waals surface area (Å²) < 4.78 is 3.49. The molecule has 8 heteroatoms. The molecule has 19 heavy (non-hydrogen) atoms. The summed E-state index contributed by atoms with van der Waals surface area (Å²) >= 11 is 0. The van der Waals surface area contributed by atoms with Gasteiger partial charge in [0.25, 0.3) is 0 Å². The number of nitrogens with one attached hydrogen (secondary N) is 1. The SMILES string of the molecule is CC[C@H](Cn1ccnc1)NC(=O)CCn1cnnn1. The first-order valence-corrected chi connectivity index (χ1v) is 6.23. The lowest BCUT2D eigenvalue weighted by Crippen LogP contribution is -2.37. The molecular weight excluding hydrogens is 246 g/mol. The number of carbonyl (C=O) groups excluding carboxylic acids is 1. The van der Waals surface area contributed by atoms with Crippen LogP contribution in [0, 0.1) is 0 Å². The summed E-state index contributed by atoms with van der Waals surface area (Å²) in [5.41, 5.74) is 0. The van der Waals surface area contributed by atoms with Crippen LogP contribution in [0.3, 0.4) is 0 Å². The number of imidazole rings is 1. The third-order valence-electron chi connectivity index (χ3n) is 2.81. The summed E-state index contributed by atoms with van der Waals surface area (Å²) in [6, 6.07) is 0.107. The minimum absolute atomic E-state index is 0.00228. The highest BCUT2D eigenvalue weighted by Crippen LogP contribution is 1.98. The van der Waals surface area contributed by atoms with Gasteiger partial charge in [-0.05, 0) is 16.8 Å². The fraction of sp³-hybridized carbons (Fsp3) is 0.545. The van der Waals surface area contributed by atoms with Crippen LogP contribution >= 0.6 is 0 Å². The largest absolute Gasteiger partial charge is 0.352 e. The molecule has 2 aromatic heterocycles. The van der Waals surface area contributed by atoms with Gasteiger partial charge in [-0.3, -0.25) is 4.79 Å². The molecule has 0 radical (unpaired) electrons. The number of hydrogen-bond acceptors (Lipinski definition) is 5. The number of amides is 1. The summed E-state index contributed by atoms with van der Waals surface area (Å²) in [5.74, 6) is 0.00228. The first-order chi connectivity index (χ1) is 9.28. The maximum atomic E-state index is 11.8. The van der Waals surface area contributed by atoms with E-state index < -0.39 is 0 Å². The normalized spacial score (nSPS) is 12.3. The fourth-order valence-corrected chi connectivity index (χ4v) is 1.72. The van der Waals surface area contributed by atoms with Crippen LogP contribution < -0.4 is 5.32 Å². The molecule has 0 spiro atoms. The lowest BCUT2D eigenvalue weighted by molar-refractivity contribution is -0.122. The van der Waals surface area contributed by atoms with Crippen LogP contribution in [0.25, 0.3) is 0 Å². The first kappa shape index (κ1) is 13.2. The van der Waals surface area contributed by atoms with Crippen molar-refractivity contribution >= 4 is 5.91 Å². The predicted molar refractivity (Wildman–Crippen MR) is 66.9 cm³/mol. The van der Waals surface area contributed by atoms with Crippen LogP contribution in [0.2, 0.25) is 0 Å². The van der Waals surface area contributed by atoms with Crippen molar-refractivity contribution in [2.45, 2.75) is 38.9 Å². The van der Waals surface area contributed by atoms with Crippen LogP contribution in [0.4, 0.5) is 0 Å². The van der Waals surface area contributed by atoms with Crippen molar-refractivity contribution in [1.82, 2.24) is 35.1 Å². The standard InChI is InChI=1S/C11H17N7O/c1-2-10(7-17-6-4-12-8-17)14-11(19)3-5-18-9-13-15-16-18/h4,6,8-10H,2-3,5,7H2,1H3,(H,14,19)/t10-/m1/s1. The van der Waals surface area contributed by atoms with Crippen LogP contribution in [0.1, 0.15) is 19.8 Å². The predicted octanol–water partition coefficient (Wildman–Crippen LogP) is -0.145. The maximum absolute atomic E-state index is 11.8. The molecule has 0 unspecified atom stereocenters. The van der Waals surface area contributed by atoms with Gasteiger partial charge in [0.15, 0.2) is 0 Å². The zero-order chi connectivity index (χ0) is 13.5. The van der Waals surface area contributed by atoms with Crippen molar-refractivity contribution in [3.8, 4) is 0 Å². The van der Waals surface area contributed by atoms with Gasteiger partial charge in [0.2, 0.25) is 5.91 Å². The van der Waals surface area contributed by atoms with Crippen molar-refractivity contribution in [3.05, 3.63) is 25.0 Å². The number of aromatic nitrogens is 6. The molecule has 2 aromatic rings. The third kappa shape index (κ3) is 4.16. The Morgan fingerprint density at radius 3 is 2.95 bits per heavy atom. The van der Waals surface area contributed by atoms with Gasteiger partial charge in [-0.15, -0.1) is 5.10 Å². The molecule has 0 saturated carbocycles. The van der Waals surface area contributed by atoms with Crippen molar-refractivity contribution in [2.24, 2.45) is 0 Å². The van der Waals surface area contributed by atoms with E-state index in [2.05, 4.69) is 25.8 Å². The molecule has 8 nitrogen and oxygen atoms in total. The zero-order valence-corrected chi connectivity index (χ0v) is 10.8. The van der Waals surface area contributed by atoms with E-state index in [4.69, 9.17) is 0 Å². The fourth-order valence-electron chi connectivity index (χ4n) is 1.72. The Balaban J connectivity index is 1.76. The second kappa shape index (κ2) is 6.62. The number of rotatable bonds is 7. The van der Waals surface area contributed by atoms with Crippen LogP contribution in [0.5, 0.6) is 0 Å². The van der Waals surface area contributed by atoms with Crippen molar-refractivity contribution in [3.63, 3.8) is 0 Å². The average Bonchev–Trinajstić information content (AvgIpc) is 3.08. The summed E-state index contributed by atoms with van der Waals surface area (Å²) in [4.78, 5) is 15.8. The minimum Gasteiger partial charge on any atom is -0.352 e. The molecule has 2 rings (SSSR count). The van der Waals surface area contributed by atoms with Gasteiger partial charge in [-0.2, -0.15) is 0 Å². The topological polar surface area (TPSA) is 90.5 Å². The number of nitrogens with zero attached hydrogens (tertiary/aromatic N) is 6. The van der Waals surface area contributed by atoms with E-state index in [-0.39, 0.29) is 11.9 Å². The minimum atomic E-state index is 0.00228. The monoisotopic (exact) mass is 263 g/mol. The zero-order valence-electron chi connectivity index (χ0n) is 10.8. The van der Waals surface area contributed by atoms with Gasteiger partial charge in [-0.25, -0.2) is 9.67 Å². The van der Waals surface area contributed by atoms with Crippen molar-refractivity contribution < 1.29 is 4.79 Å². The van der Waals surface area contributed by atoms with E-state index >= 15 is 0 Å². The summed E-state index contributed by atoms with van der Waals surface area (Å²) in [7, 11) is 0. The van der Waals surface area contributed by atoms with Crippen LogP contribution in [-0.2, 0) is 17.9 Å². The molecule has 1 amide bonds. The number of carbonyl (C=O) groups is 1. The van der Waals surface area contributed by atoms with Crippen LogP contribution in [0.15, 0.2) is 25.0 Å². The highest BCUT2D eigenvalue weighted by Gasteiger charge is 2.11. The lowest BCUT2D eigenvalue weighted by Gasteiger charge is -2.17.